The van der Waals surface area contributed by atoms with Crippen LogP contribution in [0.25, 0.3) is 0 Å². The van der Waals surface area contributed by atoms with Crippen molar-refractivity contribution in [1.29, 1.82) is 0 Å². The van der Waals surface area contributed by atoms with E-state index in [0.717, 1.165) is 6.42 Å². The quantitative estimate of drug-likeness (QED) is 0.520. The predicted molar refractivity (Wildman–Crippen MR) is 105 cm³/mol. The minimum Gasteiger partial charge on any atom is -0.450 e. The largest absolute Gasteiger partial charge is 0.505 e. The molecule has 1 aromatic carbocycles. The van der Waals surface area contributed by atoms with E-state index in [1.807, 2.05) is 0 Å². The van der Waals surface area contributed by atoms with Crippen LogP contribution in [0.2, 0.25) is 0 Å². The zero-order chi connectivity index (χ0) is 19.6. The number of ether oxygens (including phenoxy) is 1. The summed E-state index contributed by atoms with van der Waals surface area (Å²) in [5, 5.41) is 8.65. The highest BCUT2D eigenvalue weighted by molar-refractivity contribution is 5.56. The first-order valence-electron chi connectivity index (χ1n) is 9.18. The van der Waals surface area contributed by atoms with Crippen LogP contribution in [0.1, 0.15) is 91.0 Å². The normalized spacial score (nSPS) is 13.0. The van der Waals surface area contributed by atoms with E-state index in [0.29, 0.717) is 6.42 Å². The molecule has 0 unspecified atom stereocenters. The van der Waals surface area contributed by atoms with Gasteiger partial charge in [0.25, 0.3) is 0 Å². The van der Waals surface area contributed by atoms with Gasteiger partial charge in [-0.15, -0.1) is 0 Å². The number of carboxylic acid groups (broad SMARTS) is 1. The molecule has 0 bridgehead atoms. The highest BCUT2D eigenvalue weighted by Crippen LogP contribution is 2.39. The average molecular weight is 349 g/mol. The van der Waals surface area contributed by atoms with Crippen LogP contribution in [0.5, 0.6) is 0 Å². The summed E-state index contributed by atoms with van der Waals surface area (Å²) in [7, 11) is 0. The second kappa shape index (κ2) is 7.39. The molecule has 0 saturated heterocycles. The maximum Gasteiger partial charge on any atom is 0.505 e. The van der Waals surface area contributed by atoms with Gasteiger partial charge in [0, 0.05) is 0 Å². The van der Waals surface area contributed by atoms with Crippen molar-refractivity contribution in [2.45, 2.75) is 91.4 Å². The van der Waals surface area contributed by atoms with Crippen molar-refractivity contribution < 1.29 is 14.6 Å². The van der Waals surface area contributed by atoms with Crippen LogP contribution in [0.4, 0.5) is 4.79 Å². The summed E-state index contributed by atoms with van der Waals surface area (Å²) in [4.78, 5) is 10.6. The molecule has 1 N–H and O–H groups in total. The smallest absolute Gasteiger partial charge is 0.450 e. The standard InChI is InChI=1S/C22H36O3/c1-20(2,3)16-14-18(22(7,8)9)17(21(4,5)6)13-15(16)11-10-12-25-19(23)24/h13-14H,10-12H2,1-9H3,(H,23,24). The molecule has 0 atom stereocenters. The summed E-state index contributed by atoms with van der Waals surface area (Å²) in [6.07, 6.45) is 0.329. The van der Waals surface area contributed by atoms with Gasteiger partial charge in [-0.3, -0.25) is 0 Å². The average Bonchev–Trinajstić information content (AvgIpc) is 2.39. The van der Waals surface area contributed by atoms with Crippen LogP contribution in [-0.2, 0) is 27.4 Å². The van der Waals surface area contributed by atoms with Gasteiger partial charge in [0.1, 0.15) is 0 Å². The fourth-order valence-electron chi connectivity index (χ4n) is 3.21. The molecule has 0 amide bonds. The van der Waals surface area contributed by atoms with Crippen LogP contribution in [0, 0.1) is 0 Å². The van der Waals surface area contributed by atoms with Crippen molar-refractivity contribution in [2.75, 3.05) is 6.61 Å². The van der Waals surface area contributed by atoms with Crippen molar-refractivity contribution in [1.82, 2.24) is 0 Å². The van der Waals surface area contributed by atoms with Crippen LogP contribution in [0.15, 0.2) is 12.1 Å². The van der Waals surface area contributed by atoms with Gasteiger partial charge in [0.15, 0.2) is 0 Å². The molecule has 142 valence electrons. The van der Waals surface area contributed by atoms with Gasteiger partial charge < -0.3 is 9.84 Å². The van der Waals surface area contributed by atoms with E-state index in [4.69, 9.17) is 5.11 Å². The Morgan fingerprint density at radius 1 is 0.840 bits per heavy atom. The molecule has 0 aliphatic carbocycles. The number of hydrogen-bond donors (Lipinski definition) is 1. The molecule has 0 aliphatic heterocycles. The Morgan fingerprint density at radius 3 is 1.68 bits per heavy atom. The number of carbonyl (C=O) groups is 1. The molecule has 0 aromatic heterocycles. The van der Waals surface area contributed by atoms with E-state index in [9.17, 15) is 4.79 Å². The molecule has 0 heterocycles. The van der Waals surface area contributed by atoms with Crippen LogP contribution in [0.3, 0.4) is 0 Å². The Bertz CT molecular complexity index is 608. The van der Waals surface area contributed by atoms with Gasteiger partial charge in [0.05, 0.1) is 6.61 Å². The maximum atomic E-state index is 10.6. The summed E-state index contributed by atoms with van der Waals surface area (Å²) in [6.45, 7) is 20.5. The molecule has 0 radical (unpaired) electrons. The molecule has 0 saturated carbocycles. The van der Waals surface area contributed by atoms with Gasteiger partial charge in [-0.2, -0.15) is 0 Å². The number of rotatable bonds is 4. The van der Waals surface area contributed by atoms with Crippen molar-refractivity contribution in [3.8, 4) is 0 Å². The highest BCUT2D eigenvalue weighted by Gasteiger charge is 2.29. The molecule has 3 heteroatoms. The third kappa shape index (κ3) is 6.05. The fourth-order valence-corrected chi connectivity index (χ4v) is 3.21. The van der Waals surface area contributed by atoms with Crippen LogP contribution < -0.4 is 0 Å². The van der Waals surface area contributed by atoms with E-state index >= 15 is 0 Å². The Hall–Kier alpha value is -1.51. The zero-order valence-corrected chi connectivity index (χ0v) is 17.5. The lowest BCUT2D eigenvalue weighted by Crippen LogP contribution is -2.25. The zero-order valence-electron chi connectivity index (χ0n) is 17.5. The minimum atomic E-state index is -1.20. The van der Waals surface area contributed by atoms with Crippen LogP contribution >= 0.6 is 0 Å². The lowest BCUT2D eigenvalue weighted by Gasteiger charge is -2.34. The van der Waals surface area contributed by atoms with E-state index in [-0.39, 0.29) is 22.9 Å². The summed E-state index contributed by atoms with van der Waals surface area (Å²) in [5.74, 6) is 0. The van der Waals surface area contributed by atoms with Crippen molar-refractivity contribution in [2.24, 2.45) is 0 Å². The van der Waals surface area contributed by atoms with Gasteiger partial charge in [-0.25, -0.2) is 4.79 Å². The molecule has 0 spiro atoms. The number of hydrogen-bond acceptors (Lipinski definition) is 2. The van der Waals surface area contributed by atoms with Gasteiger partial charge >= 0.3 is 6.16 Å². The van der Waals surface area contributed by atoms with E-state index in [1.165, 1.54) is 22.3 Å². The number of benzene rings is 1. The lowest BCUT2D eigenvalue weighted by molar-refractivity contribution is 0.0907. The first-order chi connectivity index (χ1) is 11.1. The van der Waals surface area contributed by atoms with Crippen molar-refractivity contribution in [3.05, 3.63) is 34.4 Å². The first-order valence-corrected chi connectivity index (χ1v) is 9.18. The summed E-state index contributed by atoms with van der Waals surface area (Å²) in [6, 6.07) is 4.73. The molecular weight excluding hydrogens is 312 g/mol. The Labute approximate surface area is 153 Å². The molecule has 1 aromatic rings. The molecule has 3 nitrogen and oxygen atoms in total. The Balaban J connectivity index is 3.40. The third-order valence-electron chi connectivity index (χ3n) is 4.48. The van der Waals surface area contributed by atoms with Gasteiger partial charge in [-0.05, 0) is 51.3 Å². The van der Waals surface area contributed by atoms with Gasteiger partial charge in [0.2, 0.25) is 0 Å². The number of aryl methyl sites for hydroxylation is 1. The monoisotopic (exact) mass is 348 g/mol. The fraction of sp³-hybridized carbons (Fsp3) is 0.682. The van der Waals surface area contributed by atoms with E-state index < -0.39 is 6.16 Å². The van der Waals surface area contributed by atoms with E-state index in [1.54, 1.807) is 0 Å². The first kappa shape index (κ1) is 21.5. The highest BCUT2D eigenvalue weighted by atomic mass is 16.7. The van der Waals surface area contributed by atoms with Crippen LogP contribution in [-0.4, -0.2) is 17.9 Å². The molecule has 0 fully saturated rings. The maximum absolute atomic E-state index is 10.6. The minimum absolute atomic E-state index is 0.0411. The van der Waals surface area contributed by atoms with Crippen molar-refractivity contribution in [3.63, 3.8) is 0 Å². The molecule has 25 heavy (non-hydrogen) atoms. The summed E-state index contributed by atoms with van der Waals surface area (Å²) in [5.41, 5.74) is 5.61. The Kier molecular flexibility index (Phi) is 6.36. The summed E-state index contributed by atoms with van der Waals surface area (Å²) < 4.78 is 4.68. The second-order valence-corrected chi connectivity index (χ2v) is 10.0. The SMILES string of the molecule is CC(C)(C)c1cc(C(C)(C)C)c(C(C)(C)C)cc1CCCOC(=O)O. The van der Waals surface area contributed by atoms with Crippen molar-refractivity contribution >= 4 is 6.16 Å². The van der Waals surface area contributed by atoms with Gasteiger partial charge in [-0.1, -0.05) is 74.4 Å². The predicted octanol–water partition coefficient (Wildman–Crippen LogP) is 6.21. The van der Waals surface area contributed by atoms with E-state index in [2.05, 4.69) is 79.2 Å². The molecule has 0 aliphatic rings. The molecule has 1 rings (SSSR count). The Morgan fingerprint density at radius 2 is 1.28 bits per heavy atom. The topological polar surface area (TPSA) is 46.5 Å². The lowest BCUT2D eigenvalue weighted by atomic mass is 9.71. The second-order valence-electron chi connectivity index (χ2n) is 10.0. The summed E-state index contributed by atoms with van der Waals surface area (Å²) >= 11 is 0. The molecular formula is C22H36O3. The third-order valence-corrected chi connectivity index (χ3v) is 4.48.